The molecular formula is C28H49ClN2O3. The van der Waals surface area contributed by atoms with Crippen LogP contribution in [0.3, 0.4) is 0 Å². The number of unbranched alkanes of at least 4 members (excludes halogenated alkanes) is 4. The summed E-state index contributed by atoms with van der Waals surface area (Å²) in [5.41, 5.74) is 4.68. The quantitative estimate of drug-likeness (QED) is 0.162. The van der Waals surface area contributed by atoms with Gasteiger partial charge < -0.3 is 19.7 Å². The third-order valence-corrected chi connectivity index (χ3v) is 6.56. The number of anilines is 1. The summed E-state index contributed by atoms with van der Waals surface area (Å²) in [6.45, 7) is 15.9. The van der Waals surface area contributed by atoms with E-state index < -0.39 is 0 Å². The maximum Gasteiger partial charge on any atom is 0.207 e. The van der Waals surface area contributed by atoms with Crippen LogP contribution in [0.15, 0.2) is 18.2 Å². The number of nitrogens with zero attached hydrogens (tertiary/aromatic N) is 1. The first-order valence-corrected chi connectivity index (χ1v) is 13.7. The Bertz CT molecular complexity index is 669. The van der Waals surface area contributed by atoms with Crippen molar-refractivity contribution in [2.75, 3.05) is 50.3 Å². The van der Waals surface area contributed by atoms with Gasteiger partial charge in [0.25, 0.3) is 0 Å². The first-order valence-electron chi connectivity index (χ1n) is 13.1. The van der Waals surface area contributed by atoms with Gasteiger partial charge in [-0.3, -0.25) is 4.79 Å². The number of alkyl halides is 1. The standard InChI is InChI=1S/C17H27N.C11H22ClNO3/c1-6-7-10-18-16-11-13(2)8-9-15(16)14(3)12-17(18,4)5;12-5-3-1-2-4-7-15-9-10-16-8-6-13-11-14/h8-9,11,14H,6-7,10,12H2,1-5H3;11H,1-10H2,(H,13,14). The summed E-state index contributed by atoms with van der Waals surface area (Å²) in [5.74, 6) is 1.43. The molecule has 0 saturated carbocycles. The molecule has 0 fully saturated rings. The van der Waals surface area contributed by atoms with Gasteiger partial charge in [0, 0.05) is 36.8 Å². The highest BCUT2D eigenvalue weighted by Crippen LogP contribution is 2.43. The Balaban J connectivity index is 0.000000344. The number of aryl methyl sites for hydroxylation is 1. The molecule has 1 N–H and O–H groups in total. The molecule has 1 aromatic rings. The minimum Gasteiger partial charge on any atom is -0.379 e. The SMILES string of the molecule is CCCCN1c2cc(C)ccc2C(C)CC1(C)C.O=CNCCOCCOCCCCCCCl. The molecule has 0 aromatic heterocycles. The predicted octanol–water partition coefficient (Wildman–Crippen LogP) is 6.45. The average Bonchev–Trinajstić information content (AvgIpc) is 2.79. The predicted molar refractivity (Wildman–Crippen MR) is 145 cm³/mol. The second-order valence-corrected chi connectivity index (χ2v) is 10.3. The Morgan fingerprint density at radius 2 is 1.79 bits per heavy atom. The highest BCUT2D eigenvalue weighted by molar-refractivity contribution is 6.17. The molecule has 1 aliphatic heterocycles. The number of hydrogen-bond acceptors (Lipinski definition) is 4. The first-order chi connectivity index (χ1) is 16.4. The number of halogens is 1. The van der Waals surface area contributed by atoms with Crippen molar-refractivity contribution in [2.24, 2.45) is 0 Å². The van der Waals surface area contributed by atoms with Crippen molar-refractivity contribution < 1.29 is 14.3 Å². The van der Waals surface area contributed by atoms with E-state index in [-0.39, 0.29) is 5.54 Å². The van der Waals surface area contributed by atoms with Gasteiger partial charge in [-0.25, -0.2) is 0 Å². The zero-order valence-corrected chi connectivity index (χ0v) is 23.1. The Hall–Kier alpha value is -1.30. The molecule has 0 aliphatic carbocycles. The van der Waals surface area contributed by atoms with Crippen molar-refractivity contribution in [1.82, 2.24) is 5.32 Å². The van der Waals surface area contributed by atoms with Gasteiger partial charge in [-0.05, 0) is 69.6 Å². The van der Waals surface area contributed by atoms with E-state index in [1.807, 2.05) is 0 Å². The third kappa shape index (κ3) is 11.9. The van der Waals surface area contributed by atoms with Crippen LogP contribution in [0.2, 0.25) is 0 Å². The molecule has 0 radical (unpaired) electrons. The van der Waals surface area contributed by atoms with Crippen LogP contribution in [0, 0.1) is 6.92 Å². The van der Waals surface area contributed by atoms with Gasteiger partial charge in [0.2, 0.25) is 6.41 Å². The maximum atomic E-state index is 9.89. The summed E-state index contributed by atoms with van der Waals surface area (Å²) in [6.07, 6.45) is 9.01. The highest BCUT2D eigenvalue weighted by Gasteiger charge is 2.35. The molecule has 0 bridgehead atoms. The Kier molecular flexibility index (Phi) is 16.3. The lowest BCUT2D eigenvalue weighted by atomic mass is 9.79. The number of ether oxygens (including phenoxy) is 2. The van der Waals surface area contributed by atoms with Gasteiger partial charge in [0.15, 0.2) is 0 Å². The van der Waals surface area contributed by atoms with Crippen LogP contribution in [0.25, 0.3) is 0 Å². The Morgan fingerprint density at radius 1 is 1.09 bits per heavy atom. The molecular weight excluding hydrogens is 448 g/mol. The number of rotatable bonds is 16. The van der Waals surface area contributed by atoms with Gasteiger partial charge in [0.05, 0.1) is 19.8 Å². The normalized spacial score (nSPS) is 16.4. The van der Waals surface area contributed by atoms with Crippen molar-refractivity contribution >= 4 is 23.7 Å². The van der Waals surface area contributed by atoms with E-state index in [1.54, 1.807) is 0 Å². The van der Waals surface area contributed by atoms with Gasteiger partial charge in [-0.1, -0.05) is 45.2 Å². The van der Waals surface area contributed by atoms with E-state index in [9.17, 15) is 4.79 Å². The van der Waals surface area contributed by atoms with E-state index >= 15 is 0 Å². The molecule has 1 atom stereocenters. The van der Waals surface area contributed by atoms with Crippen LogP contribution in [-0.2, 0) is 14.3 Å². The summed E-state index contributed by atoms with van der Waals surface area (Å²) in [4.78, 5) is 12.5. The van der Waals surface area contributed by atoms with Crippen molar-refractivity contribution in [3.63, 3.8) is 0 Å². The molecule has 1 aliphatic rings. The molecule has 5 nitrogen and oxygen atoms in total. The van der Waals surface area contributed by atoms with Crippen LogP contribution < -0.4 is 10.2 Å². The topological polar surface area (TPSA) is 50.8 Å². The van der Waals surface area contributed by atoms with Crippen molar-refractivity contribution in [3.8, 4) is 0 Å². The van der Waals surface area contributed by atoms with Crippen molar-refractivity contribution in [1.29, 1.82) is 0 Å². The van der Waals surface area contributed by atoms with Gasteiger partial charge in [-0.15, -0.1) is 11.6 Å². The smallest absolute Gasteiger partial charge is 0.207 e. The summed E-state index contributed by atoms with van der Waals surface area (Å²) in [6, 6.07) is 6.97. The lowest BCUT2D eigenvalue weighted by molar-refractivity contribution is -0.109. The first kappa shape index (κ1) is 30.7. The summed E-state index contributed by atoms with van der Waals surface area (Å²) >= 11 is 5.56. The molecule has 2 rings (SSSR count). The lowest BCUT2D eigenvalue weighted by Gasteiger charge is -2.48. The maximum absolute atomic E-state index is 9.89. The number of benzene rings is 1. The third-order valence-electron chi connectivity index (χ3n) is 6.30. The highest BCUT2D eigenvalue weighted by atomic mass is 35.5. The molecule has 0 spiro atoms. The summed E-state index contributed by atoms with van der Waals surface area (Å²) in [5, 5.41) is 2.52. The number of amides is 1. The van der Waals surface area contributed by atoms with Gasteiger partial charge in [0.1, 0.15) is 0 Å². The molecule has 196 valence electrons. The number of nitrogens with one attached hydrogen (secondary N) is 1. The fourth-order valence-electron chi connectivity index (χ4n) is 4.50. The molecule has 1 heterocycles. The minimum absolute atomic E-state index is 0.287. The average molecular weight is 497 g/mol. The fraction of sp³-hybridized carbons (Fsp3) is 0.750. The Labute approximate surface area is 213 Å². The molecule has 1 amide bonds. The van der Waals surface area contributed by atoms with E-state index in [0.717, 1.165) is 25.3 Å². The summed E-state index contributed by atoms with van der Waals surface area (Å²) in [7, 11) is 0. The van der Waals surface area contributed by atoms with E-state index in [0.29, 0.717) is 38.7 Å². The van der Waals surface area contributed by atoms with Gasteiger partial charge in [-0.2, -0.15) is 0 Å². The van der Waals surface area contributed by atoms with Crippen LogP contribution in [0.4, 0.5) is 5.69 Å². The van der Waals surface area contributed by atoms with E-state index in [1.165, 1.54) is 55.5 Å². The second kappa shape index (κ2) is 18.0. The van der Waals surface area contributed by atoms with Crippen molar-refractivity contribution in [3.05, 3.63) is 29.3 Å². The molecule has 6 heteroatoms. The van der Waals surface area contributed by atoms with E-state index in [2.05, 4.69) is 63.0 Å². The zero-order valence-electron chi connectivity index (χ0n) is 22.3. The molecule has 34 heavy (non-hydrogen) atoms. The lowest BCUT2D eigenvalue weighted by Crippen LogP contribution is -2.48. The van der Waals surface area contributed by atoms with E-state index in [4.69, 9.17) is 21.1 Å². The van der Waals surface area contributed by atoms with Crippen molar-refractivity contribution in [2.45, 2.75) is 91.0 Å². The largest absolute Gasteiger partial charge is 0.379 e. The van der Waals surface area contributed by atoms with Crippen LogP contribution in [-0.4, -0.2) is 57.3 Å². The number of carbonyl (C=O) groups excluding carboxylic acids is 1. The number of carbonyl (C=O) groups is 1. The fourth-order valence-corrected chi connectivity index (χ4v) is 4.69. The number of fused-ring (bicyclic) bond motifs is 1. The summed E-state index contributed by atoms with van der Waals surface area (Å²) < 4.78 is 10.6. The molecule has 1 unspecified atom stereocenters. The zero-order chi connectivity index (χ0) is 25.2. The minimum atomic E-state index is 0.287. The number of hydrogen-bond donors (Lipinski definition) is 1. The van der Waals surface area contributed by atoms with Gasteiger partial charge >= 0.3 is 0 Å². The van der Waals surface area contributed by atoms with Crippen LogP contribution in [0.1, 0.15) is 89.7 Å². The monoisotopic (exact) mass is 496 g/mol. The molecule has 0 saturated heterocycles. The molecule has 1 aromatic carbocycles. The van der Waals surface area contributed by atoms with Crippen LogP contribution >= 0.6 is 11.6 Å². The van der Waals surface area contributed by atoms with Crippen LogP contribution in [0.5, 0.6) is 0 Å². The second-order valence-electron chi connectivity index (χ2n) is 9.88. The Morgan fingerprint density at radius 3 is 2.47 bits per heavy atom.